The van der Waals surface area contributed by atoms with Gasteiger partial charge in [-0.3, -0.25) is 0 Å². The molecule has 1 aromatic heterocycles. The van der Waals surface area contributed by atoms with E-state index in [0.717, 1.165) is 16.5 Å². The summed E-state index contributed by atoms with van der Waals surface area (Å²) in [5.74, 6) is 0.360. The van der Waals surface area contributed by atoms with Crippen molar-refractivity contribution in [1.82, 2.24) is 9.88 Å². The van der Waals surface area contributed by atoms with E-state index in [1.165, 1.54) is 0 Å². The maximum absolute atomic E-state index is 10.1. The Morgan fingerprint density at radius 3 is 2.53 bits per heavy atom. The molecule has 0 saturated heterocycles. The predicted octanol–water partition coefficient (Wildman–Crippen LogP) is 3.21. The third-order valence-electron chi connectivity index (χ3n) is 3.32. The molecular weight excluding hydrogens is 212 g/mol. The van der Waals surface area contributed by atoms with Crippen LogP contribution in [0.2, 0.25) is 0 Å². The van der Waals surface area contributed by atoms with Crippen LogP contribution in [-0.2, 0) is 0 Å². The number of fused-ring (bicyclic) bond motifs is 1. The first kappa shape index (κ1) is 12.0. The van der Waals surface area contributed by atoms with E-state index in [9.17, 15) is 5.11 Å². The van der Waals surface area contributed by atoms with E-state index in [4.69, 9.17) is 0 Å². The van der Waals surface area contributed by atoms with Crippen molar-refractivity contribution >= 4 is 10.9 Å². The van der Waals surface area contributed by atoms with Crippen molar-refractivity contribution in [2.75, 3.05) is 7.05 Å². The highest BCUT2D eigenvalue weighted by molar-refractivity contribution is 5.90. The van der Waals surface area contributed by atoms with Crippen molar-refractivity contribution in [1.29, 1.82) is 0 Å². The monoisotopic (exact) mass is 232 g/mol. The Bertz CT molecular complexity index is 528. The Balaban J connectivity index is 2.76. The second-order valence-electron chi connectivity index (χ2n) is 4.77. The smallest absolute Gasteiger partial charge is 0.125 e. The summed E-state index contributed by atoms with van der Waals surface area (Å²) in [5.41, 5.74) is 2.24. The van der Waals surface area contributed by atoms with Crippen molar-refractivity contribution < 1.29 is 5.11 Å². The first-order chi connectivity index (χ1) is 8.06. The molecule has 17 heavy (non-hydrogen) atoms. The van der Waals surface area contributed by atoms with E-state index in [0.29, 0.717) is 11.8 Å². The molecule has 2 rings (SSSR count). The molecule has 0 bridgehead atoms. The number of nitrogens with zero attached hydrogens (tertiary/aromatic N) is 1. The lowest BCUT2D eigenvalue weighted by atomic mass is 10.1. The van der Waals surface area contributed by atoms with E-state index in [-0.39, 0.29) is 6.04 Å². The number of aromatic hydroxyl groups is 1. The van der Waals surface area contributed by atoms with Crippen LogP contribution >= 0.6 is 0 Å². The fourth-order valence-corrected chi connectivity index (χ4v) is 2.23. The standard InChI is InChI=1S/C14H20N2O/c1-9(2)16-8-11(10(3)15-4)14-12(16)6-5-7-13(14)17/h5-10,15,17H,1-4H3. The molecule has 92 valence electrons. The Labute approximate surface area is 102 Å². The second-order valence-corrected chi connectivity index (χ2v) is 4.77. The van der Waals surface area contributed by atoms with Crippen LogP contribution in [0.1, 0.15) is 38.4 Å². The maximum Gasteiger partial charge on any atom is 0.125 e. The zero-order chi connectivity index (χ0) is 12.6. The summed E-state index contributed by atoms with van der Waals surface area (Å²) in [6.07, 6.45) is 2.14. The molecule has 1 atom stereocenters. The highest BCUT2D eigenvalue weighted by Gasteiger charge is 2.16. The van der Waals surface area contributed by atoms with Gasteiger partial charge < -0.3 is 15.0 Å². The van der Waals surface area contributed by atoms with E-state index in [1.54, 1.807) is 6.07 Å². The van der Waals surface area contributed by atoms with E-state index in [1.807, 2.05) is 13.1 Å². The summed E-state index contributed by atoms with van der Waals surface area (Å²) in [5, 5.41) is 14.2. The van der Waals surface area contributed by atoms with Gasteiger partial charge in [0.15, 0.2) is 0 Å². The SMILES string of the molecule is CNC(C)c1cn(C(C)C)c2cccc(O)c12. The lowest BCUT2D eigenvalue weighted by molar-refractivity contribution is 0.480. The molecule has 3 nitrogen and oxygen atoms in total. The zero-order valence-electron chi connectivity index (χ0n) is 10.9. The quantitative estimate of drug-likeness (QED) is 0.852. The van der Waals surface area contributed by atoms with Gasteiger partial charge in [0.25, 0.3) is 0 Å². The van der Waals surface area contributed by atoms with Crippen LogP contribution in [0.4, 0.5) is 0 Å². The summed E-state index contributed by atoms with van der Waals surface area (Å²) in [6.45, 7) is 6.40. The van der Waals surface area contributed by atoms with Crippen molar-refractivity contribution in [3.8, 4) is 5.75 Å². The molecule has 0 saturated carbocycles. The highest BCUT2D eigenvalue weighted by atomic mass is 16.3. The molecule has 0 spiro atoms. The molecule has 2 aromatic rings. The second kappa shape index (κ2) is 4.41. The summed E-state index contributed by atoms with van der Waals surface area (Å²) >= 11 is 0. The minimum atomic E-state index is 0.228. The lowest BCUT2D eigenvalue weighted by Crippen LogP contribution is -2.11. The molecule has 1 aromatic carbocycles. The average Bonchev–Trinajstić information content (AvgIpc) is 2.69. The molecule has 0 aliphatic heterocycles. The van der Waals surface area contributed by atoms with Crippen LogP contribution in [0, 0.1) is 0 Å². The highest BCUT2D eigenvalue weighted by Crippen LogP contribution is 2.34. The minimum Gasteiger partial charge on any atom is -0.507 e. The van der Waals surface area contributed by atoms with Gasteiger partial charge in [-0.25, -0.2) is 0 Å². The zero-order valence-corrected chi connectivity index (χ0v) is 10.9. The molecule has 0 radical (unpaired) electrons. The molecule has 0 aliphatic rings. The lowest BCUT2D eigenvalue weighted by Gasteiger charge is -2.09. The third-order valence-corrected chi connectivity index (χ3v) is 3.32. The predicted molar refractivity (Wildman–Crippen MR) is 71.5 cm³/mol. The Morgan fingerprint density at radius 1 is 1.24 bits per heavy atom. The van der Waals surface area contributed by atoms with Crippen molar-refractivity contribution in [2.24, 2.45) is 0 Å². The van der Waals surface area contributed by atoms with Crippen LogP contribution in [0.15, 0.2) is 24.4 Å². The molecule has 0 fully saturated rings. The summed E-state index contributed by atoms with van der Waals surface area (Å²) in [6, 6.07) is 6.31. The normalized spacial score (nSPS) is 13.5. The van der Waals surface area contributed by atoms with Gasteiger partial charge in [0.2, 0.25) is 0 Å². The summed E-state index contributed by atoms with van der Waals surface area (Å²) < 4.78 is 2.21. The van der Waals surface area contributed by atoms with Crippen LogP contribution in [0.25, 0.3) is 10.9 Å². The number of hydrogen-bond donors (Lipinski definition) is 2. The summed E-state index contributed by atoms with van der Waals surface area (Å²) in [4.78, 5) is 0. The molecule has 0 amide bonds. The van der Waals surface area contributed by atoms with Gasteiger partial charge in [-0.15, -0.1) is 0 Å². The van der Waals surface area contributed by atoms with Crippen molar-refractivity contribution in [3.63, 3.8) is 0 Å². The number of aromatic nitrogens is 1. The van der Waals surface area contributed by atoms with Crippen LogP contribution in [0.3, 0.4) is 0 Å². The first-order valence-electron chi connectivity index (χ1n) is 6.06. The maximum atomic E-state index is 10.1. The van der Waals surface area contributed by atoms with Gasteiger partial charge in [0.1, 0.15) is 5.75 Å². The fourth-order valence-electron chi connectivity index (χ4n) is 2.23. The third kappa shape index (κ3) is 1.91. The first-order valence-corrected chi connectivity index (χ1v) is 6.06. The van der Waals surface area contributed by atoms with E-state index in [2.05, 4.69) is 42.9 Å². The van der Waals surface area contributed by atoms with Crippen molar-refractivity contribution in [2.45, 2.75) is 32.9 Å². The molecular formula is C14H20N2O. The van der Waals surface area contributed by atoms with Gasteiger partial charge >= 0.3 is 0 Å². The molecule has 1 unspecified atom stereocenters. The number of rotatable bonds is 3. The number of phenols is 1. The van der Waals surface area contributed by atoms with Gasteiger partial charge in [-0.2, -0.15) is 0 Å². The van der Waals surface area contributed by atoms with Crippen LogP contribution < -0.4 is 5.32 Å². The number of benzene rings is 1. The van der Waals surface area contributed by atoms with E-state index >= 15 is 0 Å². The van der Waals surface area contributed by atoms with Crippen LogP contribution in [-0.4, -0.2) is 16.7 Å². The number of hydrogen-bond acceptors (Lipinski definition) is 2. The Morgan fingerprint density at radius 2 is 1.94 bits per heavy atom. The average molecular weight is 232 g/mol. The van der Waals surface area contributed by atoms with Gasteiger partial charge in [-0.05, 0) is 45.5 Å². The Hall–Kier alpha value is -1.48. The molecule has 1 heterocycles. The molecule has 2 N–H and O–H groups in total. The Kier molecular flexibility index (Phi) is 3.11. The van der Waals surface area contributed by atoms with Crippen molar-refractivity contribution in [3.05, 3.63) is 30.0 Å². The fraction of sp³-hybridized carbons (Fsp3) is 0.429. The molecule has 0 aliphatic carbocycles. The number of phenolic OH excluding ortho intramolecular Hbond substituents is 1. The number of nitrogens with one attached hydrogen (secondary N) is 1. The van der Waals surface area contributed by atoms with E-state index < -0.39 is 0 Å². The topological polar surface area (TPSA) is 37.2 Å². The van der Waals surface area contributed by atoms with Gasteiger partial charge in [-0.1, -0.05) is 6.07 Å². The van der Waals surface area contributed by atoms with Gasteiger partial charge in [0, 0.05) is 23.7 Å². The minimum absolute atomic E-state index is 0.228. The van der Waals surface area contributed by atoms with Crippen LogP contribution in [0.5, 0.6) is 5.75 Å². The largest absolute Gasteiger partial charge is 0.507 e. The summed E-state index contributed by atoms with van der Waals surface area (Å²) in [7, 11) is 1.93. The molecule has 3 heteroatoms. The van der Waals surface area contributed by atoms with Gasteiger partial charge in [0.05, 0.1) is 5.52 Å².